The van der Waals surface area contributed by atoms with E-state index in [4.69, 9.17) is 10.5 Å². The van der Waals surface area contributed by atoms with Gasteiger partial charge in [0.15, 0.2) is 15.6 Å². The predicted molar refractivity (Wildman–Crippen MR) is 65.1 cm³/mol. The average Bonchev–Trinajstić information content (AvgIpc) is 2.23. The van der Waals surface area contributed by atoms with Gasteiger partial charge in [0.25, 0.3) is 0 Å². The Morgan fingerprint density at radius 3 is 2.67 bits per heavy atom. The van der Waals surface area contributed by atoms with Crippen LogP contribution in [0.15, 0.2) is 29.2 Å². The molecule has 1 saturated heterocycles. The van der Waals surface area contributed by atoms with Crippen LogP contribution in [0.2, 0.25) is 0 Å². The molecule has 1 heterocycles. The maximum atomic E-state index is 12.2. The van der Waals surface area contributed by atoms with E-state index in [0.29, 0.717) is 0 Å². The number of nitrogens with two attached hydrogens (primary N) is 1. The molecule has 0 saturated carbocycles. The molecule has 1 aliphatic heterocycles. The number of sulfone groups is 1. The lowest BCUT2D eigenvalue weighted by Crippen LogP contribution is -2.47. The maximum Gasteiger partial charge on any atom is 0.410 e. The molecule has 1 unspecified atom stereocenters. The van der Waals surface area contributed by atoms with Crippen LogP contribution in [0, 0.1) is 0 Å². The monoisotopic (exact) mass is 270 g/mol. The second kappa shape index (κ2) is 4.95. The molecular formula is C11H14N2O4S. The van der Waals surface area contributed by atoms with E-state index in [1.165, 1.54) is 12.1 Å². The molecule has 0 aliphatic carbocycles. The minimum absolute atomic E-state index is 0.00231. The van der Waals surface area contributed by atoms with Crippen molar-refractivity contribution in [3.63, 3.8) is 0 Å². The molecule has 18 heavy (non-hydrogen) atoms. The number of amides is 1. The fourth-order valence-electron chi connectivity index (χ4n) is 1.75. The lowest BCUT2D eigenvalue weighted by molar-refractivity contribution is 0.209. The van der Waals surface area contributed by atoms with Crippen molar-refractivity contribution in [2.45, 2.75) is 17.4 Å². The number of ether oxygens (including phenoxy) is 1. The lowest BCUT2D eigenvalue weighted by Gasteiger charge is -2.27. The van der Waals surface area contributed by atoms with Crippen LogP contribution in [-0.4, -0.2) is 32.9 Å². The Labute approximate surface area is 105 Å². The number of hydrogen-bond acceptors (Lipinski definition) is 5. The summed E-state index contributed by atoms with van der Waals surface area (Å²) in [5.41, 5.74) is 4.91. The second-order valence-corrected chi connectivity index (χ2v) is 6.09. The van der Waals surface area contributed by atoms with Crippen LogP contribution in [0.3, 0.4) is 0 Å². The summed E-state index contributed by atoms with van der Waals surface area (Å²) in [6.45, 7) is 0.833. The first-order valence-corrected chi connectivity index (χ1v) is 7.17. The Morgan fingerprint density at radius 2 is 2.11 bits per heavy atom. The third-order valence-corrected chi connectivity index (χ3v) is 4.59. The van der Waals surface area contributed by atoms with E-state index in [1.54, 1.807) is 12.1 Å². The first kappa shape index (κ1) is 12.8. The molecule has 1 fully saturated rings. The molecule has 0 spiro atoms. The van der Waals surface area contributed by atoms with Crippen molar-refractivity contribution in [1.82, 2.24) is 5.32 Å². The summed E-state index contributed by atoms with van der Waals surface area (Å²) in [7, 11) is -3.49. The quantitative estimate of drug-likeness (QED) is 0.818. The third-order valence-electron chi connectivity index (χ3n) is 2.74. The SMILES string of the molecule is NC(=O)Oc1ccccc1S(=O)(=O)CC1CCN1. The van der Waals surface area contributed by atoms with Crippen molar-refractivity contribution < 1.29 is 17.9 Å². The van der Waals surface area contributed by atoms with E-state index in [0.717, 1.165) is 13.0 Å². The Balaban J connectivity index is 2.27. The van der Waals surface area contributed by atoms with E-state index >= 15 is 0 Å². The second-order valence-electron chi connectivity index (χ2n) is 4.09. The molecule has 1 amide bonds. The topological polar surface area (TPSA) is 98.5 Å². The standard InChI is InChI=1S/C11H14N2O4S/c12-11(14)17-9-3-1-2-4-10(9)18(15,16)7-8-5-6-13-8/h1-4,8,13H,5-7H2,(H2,12,14). The zero-order valence-corrected chi connectivity index (χ0v) is 10.4. The molecule has 1 aromatic carbocycles. The average molecular weight is 270 g/mol. The van der Waals surface area contributed by atoms with Gasteiger partial charge in [-0.15, -0.1) is 0 Å². The number of rotatable bonds is 4. The van der Waals surface area contributed by atoms with Gasteiger partial charge in [-0.1, -0.05) is 12.1 Å². The molecule has 1 atom stereocenters. The molecule has 6 nitrogen and oxygen atoms in total. The number of primary amides is 1. The first-order chi connectivity index (χ1) is 8.49. The molecular weight excluding hydrogens is 256 g/mol. The van der Waals surface area contributed by atoms with Crippen LogP contribution >= 0.6 is 0 Å². The van der Waals surface area contributed by atoms with Crippen LogP contribution in [0.1, 0.15) is 6.42 Å². The summed E-state index contributed by atoms with van der Waals surface area (Å²) in [4.78, 5) is 10.7. The number of nitrogens with one attached hydrogen (secondary N) is 1. The highest BCUT2D eigenvalue weighted by atomic mass is 32.2. The van der Waals surface area contributed by atoms with Crippen molar-refractivity contribution >= 4 is 15.9 Å². The Kier molecular flexibility index (Phi) is 3.53. The van der Waals surface area contributed by atoms with E-state index in [1.807, 2.05) is 0 Å². The summed E-state index contributed by atoms with van der Waals surface area (Å²) in [5.74, 6) is -0.0316. The van der Waals surface area contributed by atoms with Crippen molar-refractivity contribution in [3.05, 3.63) is 24.3 Å². The van der Waals surface area contributed by atoms with Gasteiger partial charge >= 0.3 is 6.09 Å². The molecule has 0 bridgehead atoms. The van der Waals surface area contributed by atoms with Gasteiger partial charge in [0.05, 0.1) is 5.75 Å². The van der Waals surface area contributed by atoms with Crippen molar-refractivity contribution in [3.8, 4) is 5.75 Å². The Morgan fingerprint density at radius 1 is 1.44 bits per heavy atom. The van der Waals surface area contributed by atoms with Crippen molar-refractivity contribution in [2.75, 3.05) is 12.3 Å². The minimum Gasteiger partial charge on any atom is -0.409 e. The minimum atomic E-state index is -3.49. The lowest BCUT2D eigenvalue weighted by atomic mass is 10.1. The molecule has 3 N–H and O–H groups in total. The Bertz CT molecular complexity index is 552. The zero-order chi connectivity index (χ0) is 13.2. The largest absolute Gasteiger partial charge is 0.410 e. The van der Waals surface area contributed by atoms with Gasteiger partial charge in [0.2, 0.25) is 0 Å². The number of para-hydroxylation sites is 1. The fourth-order valence-corrected chi connectivity index (χ4v) is 3.44. The normalized spacial score (nSPS) is 19.0. The third kappa shape index (κ3) is 2.80. The number of hydrogen-bond donors (Lipinski definition) is 2. The molecule has 7 heteroatoms. The number of carbonyl (C=O) groups excluding carboxylic acids is 1. The maximum absolute atomic E-state index is 12.2. The number of benzene rings is 1. The summed E-state index contributed by atoms with van der Waals surface area (Å²) in [6, 6.07) is 5.95. The van der Waals surface area contributed by atoms with E-state index in [2.05, 4.69) is 5.32 Å². The van der Waals surface area contributed by atoms with Crippen LogP contribution in [0.25, 0.3) is 0 Å². The highest BCUT2D eigenvalue weighted by molar-refractivity contribution is 7.91. The van der Waals surface area contributed by atoms with Gasteiger partial charge in [0.1, 0.15) is 4.90 Å². The smallest absolute Gasteiger partial charge is 0.409 e. The summed E-state index contributed by atoms with van der Waals surface area (Å²) in [5, 5.41) is 3.02. The van der Waals surface area contributed by atoms with Gasteiger partial charge in [-0.25, -0.2) is 13.2 Å². The van der Waals surface area contributed by atoms with E-state index < -0.39 is 15.9 Å². The first-order valence-electron chi connectivity index (χ1n) is 5.51. The van der Waals surface area contributed by atoms with E-state index in [9.17, 15) is 13.2 Å². The highest BCUT2D eigenvalue weighted by Gasteiger charge is 2.27. The molecule has 0 aromatic heterocycles. The van der Waals surface area contributed by atoms with Gasteiger partial charge in [0, 0.05) is 6.04 Å². The van der Waals surface area contributed by atoms with Gasteiger partial charge in [-0.05, 0) is 25.1 Å². The van der Waals surface area contributed by atoms with Gasteiger partial charge in [-0.3, -0.25) is 0 Å². The predicted octanol–water partition coefficient (Wildman–Crippen LogP) is 0.280. The van der Waals surface area contributed by atoms with Crippen LogP contribution in [-0.2, 0) is 9.84 Å². The summed E-state index contributed by atoms with van der Waals surface area (Å²) in [6.07, 6.45) is -0.197. The molecule has 98 valence electrons. The van der Waals surface area contributed by atoms with Crippen molar-refractivity contribution in [1.29, 1.82) is 0 Å². The van der Waals surface area contributed by atoms with Crippen LogP contribution in [0.4, 0.5) is 4.79 Å². The summed E-state index contributed by atoms with van der Waals surface area (Å²) >= 11 is 0. The zero-order valence-electron chi connectivity index (χ0n) is 9.63. The molecule has 1 aromatic rings. The molecule has 0 radical (unpaired) electrons. The van der Waals surface area contributed by atoms with Gasteiger partial charge < -0.3 is 15.8 Å². The highest BCUT2D eigenvalue weighted by Crippen LogP contribution is 2.25. The fraction of sp³-hybridized carbons (Fsp3) is 0.364. The summed E-state index contributed by atoms with van der Waals surface area (Å²) < 4.78 is 29.0. The van der Waals surface area contributed by atoms with Crippen molar-refractivity contribution in [2.24, 2.45) is 5.73 Å². The number of carbonyl (C=O) groups is 1. The van der Waals surface area contributed by atoms with Crippen LogP contribution < -0.4 is 15.8 Å². The van der Waals surface area contributed by atoms with Crippen LogP contribution in [0.5, 0.6) is 5.75 Å². The van der Waals surface area contributed by atoms with E-state index in [-0.39, 0.29) is 22.4 Å². The van der Waals surface area contributed by atoms with Gasteiger partial charge in [-0.2, -0.15) is 0 Å². The molecule has 2 rings (SSSR count). The Hall–Kier alpha value is -1.60. The molecule has 1 aliphatic rings.